The van der Waals surface area contributed by atoms with Gasteiger partial charge in [-0.25, -0.2) is 4.39 Å². The number of carbonyl (C=O) groups is 1. The molecule has 17 heavy (non-hydrogen) atoms. The molecule has 0 aromatic heterocycles. The number of rotatable bonds is 6. The minimum Gasteiger partial charge on any atom is -0.348 e. The van der Waals surface area contributed by atoms with Crippen LogP contribution in [0.5, 0.6) is 0 Å². The van der Waals surface area contributed by atoms with Crippen molar-refractivity contribution in [1.29, 1.82) is 0 Å². The molecule has 1 atom stereocenters. The molecule has 0 saturated carbocycles. The van der Waals surface area contributed by atoms with E-state index in [0.717, 1.165) is 18.5 Å². The highest BCUT2D eigenvalue weighted by atomic mass is 19.1. The molecule has 1 amide bonds. The first-order chi connectivity index (χ1) is 8.13. The van der Waals surface area contributed by atoms with E-state index in [4.69, 9.17) is 0 Å². The Bertz CT molecular complexity index is 351. The van der Waals surface area contributed by atoms with Gasteiger partial charge in [-0.3, -0.25) is 4.79 Å². The summed E-state index contributed by atoms with van der Waals surface area (Å²) in [7, 11) is 0. The molecule has 0 heterocycles. The van der Waals surface area contributed by atoms with E-state index in [2.05, 4.69) is 10.6 Å². The number of carbonyl (C=O) groups excluding carboxylic acids is 1. The smallest absolute Gasteiger partial charge is 0.234 e. The number of amides is 1. The van der Waals surface area contributed by atoms with Gasteiger partial charge in [0.15, 0.2) is 0 Å². The van der Waals surface area contributed by atoms with Crippen LogP contribution in [-0.4, -0.2) is 19.0 Å². The molecule has 1 aromatic carbocycles. The zero-order valence-corrected chi connectivity index (χ0v) is 10.3. The van der Waals surface area contributed by atoms with Gasteiger partial charge in [0.1, 0.15) is 5.82 Å². The monoisotopic (exact) mass is 238 g/mol. The third-order valence-corrected chi connectivity index (χ3v) is 2.46. The summed E-state index contributed by atoms with van der Waals surface area (Å²) in [5, 5.41) is 5.88. The average molecular weight is 238 g/mol. The van der Waals surface area contributed by atoms with Crippen LogP contribution >= 0.6 is 0 Å². The fourth-order valence-electron chi connectivity index (χ4n) is 1.51. The zero-order valence-electron chi connectivity index (χ0n) is 10.3. The van der Waals surface area contributed by atoms with Crippen LogP contribution < -0.4 is 10.6 Å². The molecule has 0 spiro atoms. The van der Waals surface area contributed by atoms with Gasteiger partial charge in [0.25, 0.3) is 0 Å². The van der Waals surface area contributed by atoms with Crippen molar-refractivity contribution in [2.24, 2.45) is 0 Å². The van der Waals surface area contributed by atoms with Crippen LogP contribution in [0.3, 0.4) is 0 Å². The molecule has 3 nitrogen and oxygen atoms in total. The minimum absolute atomic E-state index is 0.0460. The predicted octanol–water partition coefficient (Wildman–Crippen LogP) is 2.00. The van der Waals surface area contributed by atoms with Gasteiger partial charge in [0, 0.05) is 0 Å². The second-order valence-corrected chi connectivity index (χ2v) is 4.02. The lowest BCUT2D eigenvalue weighted by atomic mass is 10.1. The minimum atomic E-state index is -0.267. The molecular weight excluding hydrogens is 219 g/mol. The largest absolute Gasteiger partial charge is 0.348 e. The van der Waals surface area contributed by atoms with Crippen LogP contribution in [-0.2, 0) is 4.79 Å². The van der Waals surface area contributed by atoms with E-state index in [1.54, 1.807) is 12.1 Å². The fraction of sp³-hybridized carbons (Fsp3) is 0.462. The van der Waals surface area contributed by atoms with Gasteiger partial charge < -0.3 is 10.6 Å². The van der Waals surface area contributed by atoms with E-state index in [9.17, 15) is 9.18 Å². The van der Waals surface area contributed by atoms with Gasteiger partial charge in [-0.15, -0.1) is 0 Å². The summed E-state index contributed by atoms with van der Waals surface area (Å²) in [5.41, 5.74) is 0.898. The van der Waals surface area contributed by atoms with Crippen LogP contribution in [0.15, 0.2) is 24.3 Å². The predicted molar refractivity (Wildman–Crippen MR) is 66.1 cm³/mol. The summed E-state index contributed by atoms with van der Waals surface area (Å²) in [6, 6.07) is 6.05. The molecule has 4 heteroatoms. The number of hydrogen-bond acceptors (Lipinski definition) is 2. The van der Waals surface area contributed by atoms with Crippen molar-refractivity contribution in [3.05, 3.63) is 35.6 Å². The molecule has 1 aromatic rings. The molecule has 0 fully saturated rings. The highest BCUT2D eigenvalue weighted by Gasteiger charge is 2.08. The van der Waals surface area contributed by atoms with Crippen LogP contribution in [0, 0.1) is 5.82 Å². The van der Waals surface area contributed by atoms with Crippen LogP contribution in [0.1, 0.15) is 31.9 Å². The second-order valence-electron chi connectivity index (χ2n) is 4.02. The molecule has 0 saturated heterocycles. The SMILES string of the molecule is CCCNCC(=O)N[C@H](C)c1ccc(F)cc1. The third kappa shape index (κ3) is 4.95. The summed E-state index contributed by atoms with van der Waals surface area (Å²) in [6.07, 6.45) is 1.00. The molecular formula is C13H19FN2O. The van der Waals surface area contributed by atoms with Gasteiger partial charge in [-0.2, -0.15) is 0 Å². The Morgan fingerprint density at radius 3 is 2.59 bits per heavy atom. The first kappa shape index (κ1) is 13.6. The van der Waals surface area contributed by atoms with E-state index in [0.29, 0.717) is 6.54 Å². The van der Waals surface area contributed by atoms with E-state index < -0.39 is 0 Å². The van der Waals surface area contributed by atoms with Crippen molar-refractivity contribution in [1.82, 2.24) is 10.6 Å². The molecule has 0 radical (unpaired) electrons. The van der Waals surface area contributed by atoms with Crippen LogP contribution in [0.25, 0.3) is 0 Å². The lowest BCUT2D eigenvalue weighted by Gasteiger charge is -2.14. The quantitative estimate of drug-likeness (QED) is 0.744. The third-order valence-electron chi connectivity index (χ3n) is 2.46. The summed E-state index contributed by atoms with van der Waals surface area (Å²) >= 11 is 0. The van der Waals surface area contributed by atoms with E-state index in [1.165, 1.54) is 12.1 Å². The second kappa shape index (κ2) is 7.01. The van der Waals surface area contributed by atoms with E-state index >= 15 is 0 Å². The highest BCUT2D eigenvalue weighted by Crippen LogP contribution is 2.12. The summed E-state index contributed by atoms with van der Waals surface area (Å²) in [5.74, 6) is -0.313. The lowest BCUT2D eigenvalue weighted by Crippen LogP contribution is -2.35. The number of halogens is 1. The molecule has 94 valence electrons. The molecule has 0 aliphatic rings. The molecule has 0 aliphatic heterocycles. The van der Waals surface area contributed by atoms with Crippen molar-refractivity contribution >= 4 is 5.91 Å². The molecule has 0 bridgehead atoms. The Morgan fingerprint density at radius 1 is 1.35 bits per heavy atom. The molecule has 1 rings (SSSR count). The lowest BCUT2D eigenvalue weighted by molar-refractivity contribution is -0.120. The van der Waals surface area contributed by atoms with Crippen LogP contribution in [0.2, 0.25) is 0 Å². The summed E-state index contributed by atoms with van der Waals surface area (Å²) in [4.78, 5) is 11.5. The molecule has 2 N–H and O–H groups in total. The topological polar surface area (TPSA) is 41.1 Å². The Balaban J connectivity index is 2.40. The standard InChI is InChI=1S/C13H19FN2O/c1-3-8-15-9-13(17)16-10(2)11-4-6-12(14)7-5-11/h4-7,10,15H,3,8-9H2,1-2H3,(H,16,17)/t10-/m1/s1. The summed E-state index contributed by atoms with van der Waals surface area (Å²) in [6.45, 7) is 5.08. The maximum atomic E-state index is 12.7. The van der Waals surface area contributed by atoms with Crippen molar-refractivity contribution in [3.8, 4) is 0 Å². The first-order valence-electron chi connectivity index (χ1n) is 5.89. The normalized spacial score (nSPS) is 12.2. The Morgan fingerprint density at radius 2 is 2.00 bits per heavy atom. The number of nitrogens with one attached hydrogen (secondary N) is 2. The van der Waals surface area contributed by atoms with Crippen molar-refractivity contribution in [2.45, 2.75) is 26.3 Å². The van der Waals surface area contributed by atoms with Gasteiger partial charge in [-0.05, 0) is 37.6 Å². The van der Waals surface area contributed by atoms with Crippen LogP contribution in [0.4, 0.5) is 4.39 Å². The number of hydrogen-bond donors (Lipinski definition) is 2. The van der Waals surface area contributed by atoms with E-state index in [1.807, 2.05) is 13.8 Å². The van der Waals surface area contributed by atoms with Crippen molar-refractivity contribution in [3.63, 3.8) is 0 Å². The highest BCUT2D eigenvalue weighted by molar-refractivity contribution is 5.78. The zero-order chi connectivity index (χ0) is 12.7. The van der Waals surface area contributed by atoms with Gasteiger partial charge in [0.2, 0.25) is 5.91 Å². The van der Waals surface area contributed by atoms with Gasteiger partial charge in [-0.1, -0.05) is 19.1 Å². The van der Waals surface area contributed by atoms with Crippen molar-refractivity contribution in [2.75, 3.05) is 13.1 Å². The van der Waals surface area contributed by atoms with Gasteiger partial charge >= 0.3 is 0 Å². The van der Waals surface area contributed by atoms with Gasteiger partial charge in [0.05, 0.1) is 12.6 Å². The first-order valence-corrected chi connectivity index (χ1v) is 5.89. The average Bonchev–Trinajstić information content (AvgIpc) is 2.30. The Hall–Kier alpha value is -1.42. The molecule has 0 aliphatic carbocycles. The maximum absolute atomic E-state index is 12.7. The Labute approximate surface area is 101 Å². The van der Waals surface area contributed by atoms with Crippen molar-refractivity contribution < 1.29 is 9.18 Å². The fourth-order valence-corrected chi connectivity index (χ4v) is 1.51. The molecule has 0 unspecified atom stereocenters. The Kier molecular flexibility index (Phi) is 5.63. The van der Waals surface area contributed by atoms with E-state index in [-0.39, 0.29) is 17.8 Å². The number of benzene rings is 1. The maximum Gasteiger partial charge on any atom is 0.234 e. The summed E-state index contributed by atoms with van der Waals surface area (Å²) < 4.78 is 12.7.